The molecule has 1 aliphatic heterocycles. The molecule has 172 valence electrons. The molecule has 1 amide bonds. The van der Waals surface area contributed by atoms with Crippen molar-refractivity contribution in [2.24, 2.45) is 0 Å². The smallest absolute Gasteiger partial charge is 0.231 e. The van der Waals surface area contributed by atoms with E-state index in [1.165, 1.54) is 11.8 Å². The first kappa shape index (κ1) is 22.3. The molecule has 1 N–H and O–H groups in total. The van der Waals surface area contributed by atoms with Crippen LogP contribution in [0.3, 0.4) is 0 Å². The van der Waals surface area contributed by atoms with Gasteiger partial charge < -0.3 is 15.0 Å². The van der Waals surface area contributed by atoms with Gasteiger partial charge in [-0.1, -0.05) is 65.8 Å². The molecule has 5 rings (SSSR count). The van der Waals surface area contributed by atoms with Crippen molar-refractivity contribution in [1.82, 2.24) is 20.1 Å². The van der Waals surface area contributed by atoms with Crippen LogP contribution in [0.1, 0.15) is 36.1 Å². The number of rotatable bonds is 8. The first-order chi connectivity index (χ1) is 16.2. The molecule has 0 radical (unpaired) electrons. The molecule has 33 heavy (non-hydrogen) atoms. The Morgan fingerprint density at radius 2 is 1.76 bits per heavy atom. The van der Waals surface area contributed by atoms with Gasteiger partial charge in [-0.05, 0) is 36.1 Å². The zero-order valence-electron chi connectivity index (χ0n) is 18.2. The number of anilines is 1. The lowest BCUT2D eigenvalue weighted by Gasteiger charge is -2.27. The maximum Gasteiger partial charge on any atom is 0.231 e. The minimum Gasteiger partial charge on any atom is -0.378 e. The lowest BCUT2D eigenvalue weighted by Crippen LogP contribution is -2.38. The van der Waals surface area contributed by atoms with Crippen LogP contribution in [0.2, 0.25) is 5.02 Å². The standard InChI is InChI=1S/C24H26ClN5O2S/c25-19-8-6-18(7-9-19)22(17-4-2-1-3-5-17)26-21(31)16-33-24-28-27-23(30(24)20-10-11-20)29-12-14-32-15-13-29/h1-9,20,22H,10-16H2,(H,26,31). The molecule has 1 aliphatic carbocycles. The van der Waals surface area contributed by atoms with E-state index < -0.39 is 0 Å². The molecule has 3 aromatic rings. The highest BCUT2D eigenvalue weighted by molar-refractivity contribution is 7.99. The summed E-state index contributed by atoms with van der Waals surface area (Å²) in [6, 6.07) is 17.7. The van der Waals surface area contributed by atoms with Crippen molar-refractivity contribution in [3.05, 3.63) is 70.7 Å². The second kappa shape index (κ2) is 10.2. The molecule has 0 bridgehead atoms. The van der Waals surface area contributed by atoms with Gasteiger partial charge in [-0.15, -0.1) is 10.2 Å². The number of nitrogens with zero attached hydrogens (tertiary/aromatic N) is 4. The summed E-state index contributed by atoms with van der Waals surface area (Å²) in [5, 5.41) is 13.5. The Morgan fingerprint density at radius 3 is 2.45 bits per heavy atom. The van der Waals surface area contributed by atoms with E-state index in [9.17, 15) is 4.79 Å². The monoisotopic (exact) mass is 483 g/mol. The fourth-order valence-corrected chi connectivity index (χ4v) is 4.93. The first-order valence-electron chi connectivity index (χ1n) is 11.2. The third-order valence-electron chi connectivity index (χ3n) is 5.83. The molecule has 1 saturated heterocycles. The van der Waals surface area contributed by atoms with Crippen LogP contribution in [0, 0.1) is 0 Å². The maximum absolute atomic E-state index is 13.0. The number of ether oxygens (including phenoxy) is 1. The summed E-state index contributed by atoms with van der Waals surface area (Å²) < 4.78 is 7.68. The summed E-state index contributed by atoms with van der Waals surface area (Å²) in [6.07, 6.45) is 2.25. The van der Waals surface area contributed by atoms with Crippen LogP contribution >= 0.6 is 23.4 Å². The molecule has 2 aromatic carbocycles. The Hall–Kier alpha value is -2.55. The molecular weight excluding hydrogens is 458 g/mol. The zero-order chi connectivity index (χ0) is 22.6. The highest BCUT2D eigenvalue weighted by Crippen LogP contribution is 2.41. The highest BCUT2D eigenvalue weighted by atomic mass is 35.5. The van der Waals surface area contributed by atoms with E-state index in [-0.39, 0.29) is 17.7 Å². The Morgan fingerprint density at radius 1 is 1.06 bits per heavy atom. The molecule has 9 heteroatoms. The first-order valence-corrected chi connectivity index (χ1v) is 12.6. The van der Waals surface area contributed by atoms with E-state index in [1.807, 2.05) is 54.6 Å². The van der Waals surface area contributed by atoms with Gasteiger partial charge in [0.25, 0.3) is 0 Å². The quantitative estimate of drug-likeness (QED) is 0.486. The number of halogens is 1. The Bertz CT molecular complexity index is 1080. The number of amides is 1. The topological polar surface area (TPSA) is 72.3 Å². The second-order valence-electron chi connectivity index (χ2n) is 8.23. The molecule has 2 aliphatic rings. The van der Waals surface area contributed by atoms with E-state index in [0.717, 1.165) is 48.2 Å². The second-order valence-corrected chi connectivity index (χ2v) is 9.61. The fraction of sp³-hybridized carbons (Fsp3) is 0.375. The van der Waals surface area contributed by atoms with Gasteiger partial charge >= 0.3 is 0 Å². The summed E-state index contributed by atoms with van der Waals surface area (Å²) in [5.41, 5.74) is 2.01. The van der Waals surface area contributed by atoms with Gasteiger partial charge in [0, 0.05) is 24.2 Å². The number of carbonyl (C=O) groups is 1. The molecule has 1 unspecified atom stereocenters. The van der Waals surface area contributed by atoms with Crippen LogP contribution < -0.4 is 10.2 Å². The van der Waals surface area contributed by atoms with Crippen LogP contribution in [0.4, 0.5) is 5.95 Å². The van der Waals surface area contributed by atoms with E-state index in [2.05, 4.69) is 25.0 Å². The zero-order valence-corrected chi connectivity index (χ0v) is 19.8. The SMILES string of the molecule is O=C(CSc1nnc(N2CCOCC2)n1C1CC1)NC(c1ccccc1)c1ccc(Cl)cc1. The molecule has 1 saturated carbocycles. The van der Waals surface area contributed by atoms with Crippen molar-refractivity contribution in [1.29, 1.82) is 0 Å². The average molecular weight is 484 g/mol. The average Bonchev–Trinajstić information content (AvgIpc) is 3.61. The molecule has 1 atom stereocenters. The minimum atomic E-state index is -0.248. The molecule has 0 spiro atoms. The Labute approximate surface area is 202 Å². The minimum absolute atomic E-state index is 0.0536. The van der Waals surface area contributed by atoms with Crippen LogP contribution in [-0.4, -0.2) is 52.7 Å². The summed E-state index contributed by atoms with van der Waals surface area (Å²) >= 11 is 7.51. The van der Waals surface area contributed by atoms with Crippen molar-refractivity contribution in [3.8, 4) is 0 Å². The summed E-state index contributed by atoms with van der Waals surface area (Å²) in [5.74, 6) is 1.11. The molecular formula is C24H26ClN5O2S. The lowest BCUT2D eigenvalue weighted by molar-refractivity contribution is -0.119. The highest BCUT2D eigenvalue weighted by Gasteiger charge is 2.32. The molecule has 7 nitrogen and oxygen atoms in total. The Balaban J connectivity index is 1.29. The van der Waals surface area contributed by atoms with Gasteiger partial charge in [-0.25, -0.2) is 0 Å². The maximum atomic E-state index is 13.0. The summed E-state index contributed by atoms with van der Waals surface area (Å²) in [4.78, 5) is 15.2. The van der Waals surface area contributed by atoms with Gasteiger partial charge in [-0.3, -0.25) is 9.36 Å². The van der Waals surface area contributed by atoms with Crippen molar-refractivity contribution < 1.29 is 9.53 Å². The molecule has 2 fully saturated rings. The van der Waals surface area contributed by atoms with E-state index in [0.29, 0.717) is 24.3 Å². The van der Waals surface area contributed by atoms with Crippen LogP contribution in [-0.2, 0) is 9.53 Å². The third-order valence-corrected chi connectivity index (χ3v) is 7.02. The Kier molecular flexibility index (Phi) is 6.85. The number of hydrogen-bond acceptors (Lipinski definition) is 6. The van der Waals surface area contributed by atoms with Crippen molar-refractivity contribution in [2.75, 3.05) is 37.0 Å². The van der Waals surface area contributed by atoms with E-state index in [4.69, 9.17) is 16.3 Å². The van der Waals surface area contributed by atoms with Gasteiger partial charge in [0.15, 0.2) is 5.16 Å². The normalized spacial score (nSPS) is 17.1. The van der Waals surface area contributed by atoms with Crippen LogP contribution in [0.25, 0.3) is 0 Å². The predicted octanol–water partition coefficient (Wildman–Crippen LogP) is 4.10. The number of carbonyl (C=O) groups excluding carboxylic acids is 1. The fourth-order valence-electron chi connectivity index (χ4n) is 3.99. The third kappa shape index (κ3) is 5.34. The summed E-state index contributed by atoms with van der Waals surface area (Å²) in [6.45, 7) is 3.04. The van der Waals surface area contributed by atoms with E-state index >= 15 is 0 Å². The van der Waals surface area contributed by atoms with Gasteiger partial charge in [0.1, 0.15) is 0 Å². The van der Waals surface area contributed by atoms with Gasteiger partial charge in [-0.2, -0.15) is 0 Å². The predicted molar refractivity (Wildman–Crippen MR) is 130 cm³/mol. The number of thioether (sulfide) groups is 1. The van der Waals surface area contributed by atoms with E-state index in [1.54, 1.807) is 0 Å². The summed E-state index contributed by atoms with van der Waals surface area (Å²) in [7, 11) is 0. The number of nitrogens with one attached hydrogen (secondary N) is 1. The largest absolute Gasteiger partial charge is 0.378 e. The van der Waals surface area contributed by atoms with Gasteiger partial charge in [0.05, 0.1) is 25.0 Å². The number of hydrogen-bond donors (Lipinski definition) is 1. The van der Waals surface area contributed by atoms with Crippen molar-refractivity contribution >= 4 is 35.2 Å². The van der Waals surface area contributed by atoms with Gasteiger partial charge in [0.2, 0.25) is 11.9 Å². The molecule has 2 heterocycles. The van der Waals surface area contributed by atoms with Crippen molar-refractivity contribution in [3.63, 3.8) is 0 Å². The van der Waals surface area contributed by atoms with Crippen molar-refractivity contribution in [2.45, 2.75) is 30.1 Å². The number of aromatic nitrogens is 3. The number of benzene rings is 2. The number of morpholine rings is 1. The van der Waals surface area contributed by atoms with Crippen LogP contribution in [0.15, 0.2) is 59.8 Å². The lowest BCUT2D eigenvalue weighted by atomic mass is 9.99. The van der Waals surface area contributed by atoms with Crippen LogP contribution in [0.5, 0.6) is 0 Å². The molecule has 1 aromatic heterocycles.